The van der Waals surface area contributed by atoms with Crippen LogP contribution < -0.4 is 14.8 Å². The van der Waals surface area contributed by atoms with Gasteiger partial charge in [-0.3, -0.25) is 4.79 Å². The fraction of sp³-hybridized carbons (Fsp3) is 0.130. The van der Waals surface area contributed by atoms with Crippen LogP contribution >= 0.6 is 15.9 Å². The zero-order valence-electron chi connectivity index (χ0n) is 16.7. The van der Waals surface area contributed by atoms with Crippen LogP contribution in [0.15, 0.2) is 81.9 Å². The highest BCUT2D eigenvalue weighted by Gasteiger charge is 2.13. The van der Waals surface area contributed by atoms with E-state index in [1.54, 1.807) is 29.2 Å². The van der Waals surface area contributed by atoms with Gasteiger partial charge in [0.25, 0.3) is 5.91 Å². The molecule has 0 saturated carbocycles. The molecule has 2 heterocycles. The minimum atomic E-state index is -0.366. The summed E-state index contributed by atoms with van der Waals surface area (Å²) >= 11 is 3.38. The molecule has 158 valence electrons. The monoisotopic (exact) mass is 481 g/mol. The van der Waals surface area contributed by atoms with Gasteiger partial charge in [-0.25, -0.2) is 4.68 Å². The van der Waals surface area contributed by atoms with Crippen LogP contribution in [0.3, 0.4) is 0 Å². The van der Waals surface area contributed by atoms with Crippen molar-refractivity contribution in [3.8, 4) is 11.5 Å². The molecule has 0 radical (unpaired) electrons. The topological polar surface area (TPSA) is 78.5 Å². The number of nitrogens with zero attached hydrogens (tertiary/aromatic N) is 2. The summed E-state index contributed by atoms with van der Waals surface area (Å²) in [7, 11) is 0. The fourth-order valence-electron chi connectivity index (χ4n) is 2.80. The Labute approximate surface area is 187 Å². The fourth-order valence-corrected chi connectivity index (χ4v) is 3.06. The van der Waals surface area contributed by atoms with Crippen molar-refractivity contribution in [2.75, 3.05) is 5.32 Å². The number of halogens is 1. The van der Waals surface area contributed by atoms with E-state index in [1.807, 2.05) is 55.5 Å². The molecule has 0 aliphatic rings. The molecule has 31 heavy (non-hydrogen) atoms. The Morgan fingerprint density at radius 3 is 2.74 bits per heavy atom. The Morgan fingerprint density at radius 2 is 1.94 bits per heavy atom. The van der Waals surface area contributed by atoms with Crippen molar-refractivity contribution in [1.29, 1.82) is 0 Å². The average Bonchev–Trinajstić information content (AvgIpc) is 3.41. The van der Waals surface area contributed by atoms with Gasteiger partial charge in [0.2, 0.25) is 0 Å². The van der Waals surface area contributed by atoms with Crippen molar-refractivity contribution in [2.45, 2.75) is 20.3 Å². The number of hydrogen-bond donors (Lipinski definition) is 1. The summed E-state index contributed by atoms with van der Waals surface area (Å²) in [5.74, 6) is 1.86. The predicted octanol–water partition coefficient (Wildman–Crippen LogP) is 5.41. The van der Waals surface area contributed by atoms with Crippen molar-refractivity contribution in [3.63, 3.8) is 0 Å². The molecule has 1 amide bonds. The normalized spacial score (nSPS) is 10.6. The second kappa shape index (κ2) is 9.53. The van der Waals surface area contributed by atoms with Crippen LogP contribution in [0.5, 0.6) is 11.5 Å². The summed E-state index contributed by atoms with van der Waals surface area (Å²) in [6.07, 6.45) is 3.23. The van der Waals surface area contributed by atoms with Gasteiger partial charge < -0.3 is 19.2 Å². The molecule has 0 atom stereocenters. The second-order valence-electron chi connectivity index (χ2n) is 6.82. The lowest BCUT2D eigenvalue weighted by Crippen LogP contribution is -2.10. The number of benzene rings is 2. The van der Waals surface area contributed by atoms with E-state index in [0.717, 1.165) is 21.5 Å². The molecule has 8 heteroatoms. The molecule has 1 N–H and O–H groups in total. The average molecular weight is 482 g/mol. The largest absolute Gasteiger partial charge is 0.486 e. The Kier molecular flexibility index (Phi) is 6.37. The van der Waals surface area contributed by atoms with E-state index in [0.29, 0.717) is 11.4 Å². The van der Waals surface area contributed by atoms with Gasteiger partial charge in [-0.15, -0.1) is 0 Å². The maximum absolute atomic E-state index is 12.4. The summed E-state index contributed by atoms with van der Waals surface area (Å²) in [6.45, 7) is 2.46. The zero-order chi connectivity index (χ0) is 21.6. The van der Waals surface area contributed by atoms with Crippen LogP contribution in [0.2, 0.25) is 0 Å². The molecular weight excluding hydrogens is 462 g/mol. The van der Waals surface area contributed by atoms with Gasteiger partial charge in [0.1, 0.15) is 23.9 Å². The van der Waals surface area contributed by atoms with Gasteiger partial charge in [0.05, 0.1) is 18.1 Å². The van der Waals surface area contributed by atoms with Gasteiger partial charge >= 0.3 is 0 Å². The first-order valence-electron chi connectivity index (χ1n) is 9.55. The first-order chi connectivity index (χ1) is 15.0. The number of carbonyl (C=O) groups is 1. The van der Waals surface area contributed by atoms with Crippen LogP contribution in [0.1, 0.15) is 21.9 Å². The third-order valence-electron chi connectivity index (χ3n) is 4.32. The number of furan rings is 1. The lowest BCUT2D eigenvalue weighted by Gasteiger charge is -2.06. The van der Waals surface area contributed by atoms with E-state index in [9.17, 15) is 4.79 Å². The van der Waals surface area contributed by atoms with E-state index in [-0.39, 0.29) is 25.0 Å². The number of ether oxygens (including phenoxy) is 2. The zero-order valence-corrected chi connectivity index (χ0v) is 18.3. The van der Waals surface area contributed by atoms with Crippen molar-refractivity contribution in [1.82, 2.24) is 9.78 Å². The van der Waals surface area contributed by atoms with Crippen LogP contribution in [0.25, 0.3) is 0 Å². The number of amides is 1. The maximum Gasteiger partial charge on any atom is 0.291 e. The molecule has 0 aliphatic heterocycles. The van der Waals surface area contributed by atoms with E-state index < -0.39 is 0 Å². The third-order valence-corrected chi connectivity index (χ3v) is 4.85. The van der Waals surface area contributed by atoms with Crippen LogP contribution in [0.4, 0.5) is 5.69 Å². The van der Waals surface area contributed by atoms with Gasteiger partial charge in [-0.05, 0) is 61.0 Å². The van der Waals surface area contributed by atoms with E-state index in [1.165, 1.54) is 0 Å². The minimum Gasteiger partial charge on any atom is -0.486 e. The molecule has 0 fully saturated rings. The van der Waals surface area contributed by atoms with Crippen molar-refractivity contribution in [2.24, 2.45) is 0 Å². The number of nitrogens with one attached hydrogen (secondary N) is 1. The molecule has 0 bridgehead atoms. The van der Waals surface area contributed by atoms with E-state index >= 15 is 0 Å². The van der Waals surface area contributed by atoms with Crippen LogP contribution in [-0.4, -0.2) is 15.7 Å². The highest BCUT2D eigenvalue weighted by molar-refractivity contribution is 9.10. The Bertz CT molecular complexity index is 1170. The summed E-state index contributed by atoms with van der Waals surface area (Å²) in [4.78, 5) is 12.4. The highest BCUT2D eigenvalue weighted by Crippen LogP contribution is 2.18. The number of aromatic nitrogens is 2. The Balaban J connectivity index is 1.29. The molecule has 0 spiro atoms. The van der Waals surface area contributed by atoms with Crippen molar-refractivity contribution in [3.05, 3.63) is 94.6 Å². The first kappa shape index (κ1) is 20.7. The number of hydrogen-bond acceptors (Lipinski definition) is 5. The summed E-state index contributed by atoms with van der Waals surface area (Å²) < 4.78 is 19.5. The quantitative estimate of drug-likeness (QED) is 0.363. The van der Waals surface area contributed by atoms with E-state index in [2.05, 4.69) is 26.3 Å². The number of anilines is 1. The number of rotatable bonds is 8. The number of aryl methyl sites for hydroxylation is 1. The maximum atomic E-state index is 12.4. The smallest absolute Gasteiger partial charge is 0.291 e. The lowest BCUT2D eigenvalue weighted by molar-refractivity contribution is 0.0992. The Hall–Kier alpha value is -3.52. The molecule has 4 aromatic rings. The summed E-state index contributed by atoms with van der Waals surface area (Å²) in [5.41, 5.74) is 1.65. The minimum absolute atomic E-state index is 0.196. The third kappa shape index (κ3) is 5.76. The lowest BCUT2D eigenvalue weighted by atomic mass is 10.2. The molecule has 7 nitrogen and oxygen atoms in total. The second-order valence-corrected chi connectivity index (χ2v) is 7.74. The molecule has 2 aromatic carbocycles. The van der Waals surface area contributed by atoms with Crippen LogP contribution in [0, 0.1) is 6.92 Å². The molecule has 0 unspecified atom stereocenters. The molecule has 2 aromatic heterocycles. The summed E-state index contributed by atoms with van der Waals surface area (Å²) in [5, 5.41) is 6.95. The predicted molar refractivity (Wildman–Crippen MR) is 119 cm³/mol. The summed E-state index contributed by atoms with van der Waals surface area (Å²) in [6, 6.07) is 18.6. The molecule has 0 aliphatic carbocycles. The number of carbonyl (C=O) groups excluding carboxylic acids is 1. The van der Waals surface area contributed by atoms with Gasteiger partial charge in [0, 0.05) is 4.47 Å². The standard InChI is InChI=1S/C23H20BrN3O4/c1-16-3-2-4-20(11-16)29-14-21-9-10-22(31-21)23(28)26-18-12-25-27(13-18)15-30-19-7-5-17(24)6-8-19/h2-13H,14-15H2,1H3,(H,26,28). The van der Waals surface area contributed by atoms with Gasteiger partial charge in [0.15, 0.2) is 12.5 Å². The first-order valence-corrected chi connectivity index (χ1v) is 10.3. The highest BCUT2D eigenvalue weighted by atomic mass is 79.9. The molecule has 0 saturated heterocycles. The van der Waals surface area contributed by atoms with E-state index in [4.69, 9.17) is 13.9 Å². The van der Waals surface area contributed by atoms with Crippen molar-refractivity contribution >= 4 is 27.5 Å². The SMILES string of the molecule is Cc1cccc(OCc2ccc(C(=O)Nc3cnn(COc4ccc(Br)cc4)c3)o2)c1. The van der Waals surface area contributed by atoms with Gasteiger partial charge in [-0.1, -0.05) is 28.1 Å². The van der Waals surface area contributed by atoms with Crippen molar-refractivity contribution < 1.29 is 18.7 Å². The molecular formula is C23H20BrN3O4. The van der Waals surface area contributed by atoms with Crippen LogP contribution in [-0.2, 0) is 13.3 Å². The Morgan fingerprint density at radius 1 is 1.10 bits per heavy atom. The van der Waals surface area contributed by atoms with Gasteiger partial charge in [-0.2, -0.15) is 5.10 Å². The molecule has 4 rings (SSSR count).